The van der Waals surface area contributed by atoms with Crippen LogP contribution in [0, 0.1) is 17.3 Å². The van der Waals surface area contributed by atoms with E-state index in [2.05, 4.69) is 22.2 Å². The third kappa shape index (κ3) is 11.8. The molecule has 18 nitrogen and oxygen atoms in total. The summed E-state index contributed by atoms with van der Waals surface area (Å²) >= 11 is 0. The van der Waals surface area contributed by atoms with Crippen LogP contribution in [0.4, 0.5) is 0 Å². The first-order valence-electron chi connectivity index (χ1n) is 24.6. The number of likely N-dealkylation sites (N-methyl/N-ethyl adjacent to an activating group) is 2. The van der Waals surface area contributed by atoms with Crippen molar-refractivity contribution in [3.05, 3.63) is 77.0 Å². The molecule has 0 aliphatic carbocycles. The van der Waals surface area contributed by atoms with Crippen LogP contribution in [0.15, 0.2) is 60.1 Å². The van der Waals surface area contributed by atoms with Gasteiger partial charge < -0.3 is 34.3 Å². The minimum atomic E-state index is -3.76. The number of hydrogen-bond acceptors (Lipinski definition) is 13. The van der Waals surface area contributed by atoms with Gasteiger partial charge in [0, 0.05) is 87.0 Å². The zero-order valence-corrected chi connectivity index (χ0v) is 43.6. The number of nitrogens with zero attached hydrogens (tertiary/aromatic N) is 7. The van der Waals surface area contributed by atoms with Crippen molar-refractivity contribution in [3.63, 3.8) is 0 Å². The van der Waals surface area contributed by atoms with Gasteiger partial charge in [0.15, 0.2) is 0 Å². The number of sulfonamides is 1. The van der Waals surface area contributed by atoms with Crippen molar-refractivity contribution in [1.82, 2.24) is 44.4 Å². The van der Waals surface area contributed by atoms with Crippen LogP contribution >= 0.6 is 0 Å². The lowest BCUT2D eigenvalue weighted by Gasteiger charge is -2.37. The van der Waals surface area contributed by atoms with E-state index in [4.69, 9.17) is 19.4 Å². The molecule has 0 saturated carbocycles. The number of carbonyl (C=O) groups is 4. The fraction of sp³-hybridized carbons (Fsp3) is 0.538. The van der Waals surface area contributed by atoms with Gasteiger partial charge in [0.1, 0.15) is 23.9 Å². The molecule has 0 spiro atoms. The molecule has 6 bridgehead atoms. The summed E-state index contributed by atoms with van der Waals surface area (Å²) in [5, 5.41) is 16.8. The third-order valence-corrected chi connectivity index (χ3v) is 15.3. The van der Waals surface area contributed by atoms with Crippen molar-refractivity contribution in [2.75, 3.05) is 61.0 Å². The van der Waals surface area contributed by atoms with Gasteiger partial charge in [-0.2, -0.15) is 4.31 Å². The summed E-state index contributed by atoms with van der Waals surface area (Å²) in [5.74, 6) is -3.18. The number of phenolic OH excluding ortho intramolecular Hbond substituents is 1. The Labute approximate surface area is 417 Å². The maximum absolute atomic E-state index is 14.8. The number of carbonyl (C=O) groups excluding carboxylic acids is 4. The Morgan fingerprint density at radius 3 is 2.55 bits per heavy atom. The van der Waals surface area contributed by atoms with Gasteiger partial charge in [0.2, 0.25) is 21.8 Å². The molecule has 3 aliphatic rings. The monoisotopic (exact) mass is 998 g/mol. The minimum absolute atomic E-state index is 0.0271. The fourth-order valence-corrected chi connectivity index (χ4v) is 11.4. The van der Waals surface area contributed by atoms with Gasteiger partial charge in [-0.05, 0) is 108 Å². The van der Waals surface area contributed by atoms with E-state index in [0.717, 1.165) is 39.0 Å². The number of methoxy groups -OCH3 is 1. The molecule has 2 fully saturated rings. The number of aryl methyl sites for hydroxylation is 1. The summed E-state index contributed by atoms with van der Waals surface area (Å²) in [4.78, 5) is 70.8. The van der Waals surface area contributed by atoms with Gasteiger partial charge in [0.05, 0.1) is 46.7 Å². The Morgan fingerprint density at radius 2 is 1.85 bits per heavy atom. The molecule has 6 heterocycles. The summed E-state index contributed by atoms with van der Waals surface area (Å²) in [7, 11) is 3.08. The highest BCUT2D eigenvalue weighted by atomic mass is 32.2. The molecule has 7 rings (SSSR count). The van der Waals surface area contributed by atoms with Crippen LogP contribution < -0.4 is 10.7 Å². The predicted molar refractivity (Wildman–Crippen MR) is 271 cm³/mol. The largest absolute Gasteiger partial charge is 0.508 e. The highest BCUT2D eigenvalue weighted by Crippen LogP contribution is 2.41. The summed E-state index contributed by atoms with van der Waals surface area (Å²) in [6.45, 7) is 13.2. The number of hydrazine groups is 1. The molecule has 3 aliphatic heterocycles. The van der Waals surface area contributed by atoms with E-state index in [0.29, 0.717) is 49.2 Å². The maximum Gasteiger partial charge on any atom is 0.324 e. The first kappa shape index (κ1) is 53.1. The number of phenols is 1. The van der Waals surface area contributed by atoms with Crippen molar-refractivity contribution in [1.29, 1.82) is 0 Å². The number of ether oxygens (including phenoxy) is 2. The van der Waals surface area contributed by atoms with E-state index in [1.807, 2.05) is 70.1 Å². The standard InChI is InChI=1S/C52H71N9O9S/c1-11-60-43-18-17-40-36-25-34(26-37(62)28-36)27-42(55-48(63)46(32(2)3)58(9)49(64)35-19-23-59(30-35)71(67,68)24-14-21-57(7)8)50(65)61-22-13-16-41(56-61)51(66)70-31-52(5,6)29-39(45(43)54-40)47(60)38-15-12-20-53-44(38)33(4)69-10/h12,14-15,17-18,20,24-26,28,32-33,35,41-42,46,56,62H,11,13,16,19,21-23,27,29-31H2,1-10H3,(H,55,63)/b24-14+/t33-,35-,41-,42-,46-/m0/s1. The lowest BCUT2D eigenvalue weighted by Crippen LogP contribution is -2.62. The number of pyridine rings is 2. The molecule has 19 heteroatoms. The Balaban J connectivity index is 1.26. The van der Waals surface area contributed by atoms with Gasteiger partial charge in [-0.25, -0.2) is 18.8 Å². The molecule has 0 radical (unpaired) electrons. The average Bonchev–Trinajstić information content (AvgIpc) is 3.95. The number of esters is 1. The summed E-state index contributed by atoms with van der Waals surface area (Å²) in [5.41, 5.74) is 9.32. The lowest BCUT2D eigenvalue weighted by molar-refractivity contribution is -0.155. The molecule has 2 saturated heterocycles. The molecule has 1 aromatic carbocycles. The molecular weight excluding hydrogens is 927 g/mol. The number of rotatable bonds is 13. The number of cyclic esters (lactones) is 1. The number of aromatic nitrogens is 3. The van der Waals surface area contributed by atoms with E-state index in [1.54, 1.807) is 45.4 Å². The minimum Gasteiger partial charge on any atom is -0.508 e. The highest BCUT2D eigenvalue weighted by Gasteiger charge is 2.41. The number of aromatic hydroxyl groups is 1. The van der Waals surface area contributed by atoms with Crippen LogP contribution in [0.5, 0.6) is 5.75 Å². The fourth-order valence-electron chi connectivity index (χ4n) is 10.1. The van der Waals surface area contributed by atoms with Gasteiger partial charge in [0.25, 0.3) is 5.91 Å². The maximum atomic E-state index is 14.8. The zero-order chi connectivity index (χ0) is 51.5. The number of amides is 3. The Morgan fingerprint density at radius 1 is 1.08 bits per heavy atom. The first-order valence-corrected chi connectivity index (χ1v) is 26.1. The van der Waals surface area contributed by atoms with E-state index < -0.39 is 63.2 Å². The number of benzene rings is 1. The Bertz CT molecular complexity index is 2770. The van der Waals surface area contributed by atoms with Crippen LogP contribution in [0.3, 0.4) is 0 Å². The van der Waals surface area contributed by atoms with E-state index in [9.17, 15) is 32.7 Å². The van der Waals surface area contributed by atoms with Gasteiger partial charge in [-0.3, -0.25) is 29.2 Å². The SMILES string of the molecule is CCn1c(-c2cccnc2[C@H](C)OC)c2c3nc(ccc31)-c1cc(O)cc(c1)C[C@H](NC(=O)[C@H](C(C)C)N(C)C(=O)[C@H]1CCN(S(=O)(=O)/C=C/CN(C)C)C1)C(=O)N1CCC[C@H](N1)C(=O)OCC(C)(C)C2. The van der Waals surface area contributed by atoms with Crippen LogP contribution in [-0.2, 0) is 58.1 Å². The highest BCUT2D eigenvalue weighted by molar-refractivity contribution is 7.92. The molecule has 5 atom stereocenters. The molecule has 384 valence electrons. The van der Waals surface area contributed by atoms with Crippen molar-refractivity contribution in [2.45, 2.75) is 104 Å². The van der Waals surface area contributed by atoms with Crippen molar-refractivity contribution >= 4 is 44.7 Å². The van der Waals surface area contributed by atoms with Gasteiger partial charge in [-0.15, -0.1) is 0 Å². The smallest absolute Gasteiger partial charge is 0.324 e. The number of nitrogens with one attached hydrogen (secondary N) is 2. The topological polar surface area (TPSA) is 209 Å². The third-order valence-electron chi connectivity index (χ3n) is 13.7. The number of hydrogen-bond donors (Lipinski definition) is 3. The van der Waals surface area contributed by atoms with Crippen LogP contribution in [0.2, 0.25) is 0 Å². The second kappa shape index (κ2) is 21.9. The first-order chi connectivity index (χ1) is 33.6. The molecular formula is C52H71N9O9S. The average molecular weight is 998 g/mol. The van der Waals surface area contributed by atoms with Gasteiger partial charge in [-0.1, -0.05) is 33.8 Å². The van der Waals surface area contributed by atoms with Crippen molar-refractivity contribution < 1.29 is 42.2 Å². The Hall–Kier alpha value is -5.73. The quantitative estimate of drug-likeness (QED) is 0.150. The van der Waals surface area contributed by atoms with Crippen LogP contribution in [0.25, 0.3) is 33.5 Å². The molecule has 3 N–H and O–H groups in total. The van der Waals surface area contributed by atoms with E-state index >= 15 is 0 Å². The summed E-state index contributed by atoms with van der Waals surface area (Å²) in [6.07, 6.45) is 4.56. The molecule has 0 unspecified atom stereocenters. The Kier molecular flexibility index (Phi) is 16.4. The second-order valence-corrected chi connectivity index (χ2v) is 22.3. The second-order valence-electron chi connectivity index (χ2n) is 20.5. The lowest BCUT2D eigenvalue weighted by atomic mass is 9.85. The zero-order valence-electron chi connectivity index (χ0n) is 42.8. The summed E-state index contributed by atoms with van der Waals surface area (Å²) < 4.78 is 41.6. The normalized spacial score (nSPS) is 21.1. The van der Waals surface area contributed by atoms with Crippen LogP contribution in [0.1, 0.15) is 83.7 Å². The molecule has 71 heavy (non-hydrogen) atoms. The molecule has 3 aromatic heterocycles. The molecule has 4 aromatic rings. The van der Waals surface area contributed by atoms with E-state index in [1.165, 1.54) is 21.3 Å². The van der Waals surface area contributed by atoms with Crippen LogP contribution in [-0.4, -0.2) is 150 Å². The number of fused-ring (bicyclic) bond motifs is 6. The van der Waals surface area contributed by atoms with Gasteiger partial charge >= 0.3 is 5.97 Å². The van der Waals surface area contributed by atoms with Crippen molar-refractivity contribution in [3.8, 4) is 28.3 Å². The predicted octanol–water partition coefficient (Wildman–Crippen LogP) is 5.06. The summed E-state index contributed by atoms with van der Waals surface area (Å²) in [6, 6.07) is 9.74. The van der Waals surface area contributed by atoms with E-state index in [-0.39, 0.29) is 56.8 Å². The van der Waals surface area contributed by atoms with Crippen molar-refractivity contribution in [2.24, 2.45) is 17.3 Å². The molecule has 3 amide bonds.